The molecule has 0 spiro atoms. The van der Waals surface area contributed by atoms with Gasteiger partial charge in [0.15, 0.2) is 6.23 Å². The topological polar surface area (TPSA) is 54.7 Å². The van der Waals surface area contributed by atoms with E-state index in [0.717, 1.165) is 38.0 Å². The molecule has 2 aliphatic heterocycles. The second kappa shape index (κ2) is 6.08. The molecule has 1 fully saturated rings. The van der Waals surface area contributed by atoms with Crippen molar-refractivity contribution < 1.29 is 14.3 Å². The van der Waals surface area contributed by atoms with Crippen LogP contribution in [-0.4, -0.2) is 32.1 Å². The highest BCUT2D eigenvalue weighted by atomic mass is 16.7. The molecular weight excluding hydrogens is 268 g/mol. The van der Waals surface area contributed by atoms with E-state index < -0.39 is 0 Å². The number of hydroxylamine groups is 2. The average molecular weight is 290 g/mol. The van der Waals surface area contributed by atoms with E-state index in [9.17, 15) is 0 Å². The van der Waals surface area contributed by atoms with Gasteiger partial charge >= 0.3 is 0 Å². The summed E-state index contributed by atoms with van der Waals surface area (Å²) in [6.07, 6.45) is 6.51. The van der Waals surface area contributed by atoms with Crippen molar-refractivity contribution in [2.24, 2.45) is 11.8 Å². The highest BCUT2D eigenvalue weighted by Crippen LogP contribution is 2.47. The van der Waals surface area contributed by atoms with Crippen molar-refractivity contribution in [1.82, 2.24) is 5.06 Å². The van der Waals surface area contributed by atoms with Crippen LogP contribution >= 0.6 is 0 Å². The van der Waals surface area contributed by atoms with Crippen molar-refractivity contribution >= 4 is 0 Å². The van der Waals surface area contributed by atoms with Crippen molar-refractivity contribution in [1.29, 1.82) is 5.26 Å². The van der Waals surface area contributed by atoms with E-state index in [1.165, 1.54) is 11.1 Å². The molecule has 21 heavy (non-hydrogen) atoms. The maximum Gasteiger partial charge on any atom is 0.175 e. The van der Waals surface area contributed by atoms with E-state index in [2.05, 4.69) is 6.07 Å². The van der Waals surface area contributed by atoms with Crippen molar-refractivity contribution in [2.75, 3.05) is 20.8 Å². The first-order chi connectivity index (χ1) is 10.3. The molecule has 5 nitrogen and oxygen atoms in total. The Labute approximate surface area is 125 Å². The molecule has 1 aliphatic carbocycles. The smallest absolute Gasteiger partial charge is 0.175 e. The standard InChI is InChI=1S/C16H22N2O3/c1-19-16-13-9-11(4-3-6-17)8-12-5-7-21-14(15(12)13)10-18(16)20-2/h10-12,16H,3-5,7-9H2,1-2H3. The van der Waals surface area contributed by atoms with E-state index in [1.807, 2.05) is 6.20 Å². The largest absolute Gasteiger partial charge is 0.492 e. The van der Waals surface area contributed by atoms with Crippen LogP contribution < -0.4 is 0 Å². The molecule has 0 saturated carbocycles. The Morgan fingerprint density at radius 2 is 2.33 bits per heavy atom. The third-order valence-corrected chi connectivity index (χ3v) is 4.74. The monoisotopic (exact) mass is 290 g/mol. The minimum atomic E-state index is -0.178. The molecule has 3 aliphatic rings. The van der Waals surface area contributed by atoms with Crippen molar-refractivity contribution in [2.45, 2.75) is 38.3 Å². The second-order valence-electron chi connectivity index (χ2n) is 5.90. The summed E-state index contributed by atoms with van der Waals surface area (Å²) in [6, 6.07) is 2.27. The lowest BCUT2D eigenvalue weighted by molar-refractivity contribution is -0.189. The lowest BCUT2D eigenvalue weighted by Crippen LogP contribution is -2.42. The lowest BCUT2D eigenvalue weighted by Gasteiger charge is -2.44. The van der Waals surface area contributed by atoms with Crippen LogP contribution in [0.3, 0.4) is 0 Å². The van der Waals surface area contributed by atoms with Gasteiger partial charge in [-0.25, -0.2) is 5.06 Å². The van der Waals surface area contributed by atoms with Crippen LogP contribution in [0.4, 0.5) is 0 Å². The fourth-order valence-corrected chi connectivity index (χ4v) is 3.86. The van der Waals surface area contributed by atoms with Gasteiger partial charge in [0.05, 0.1) is 26.0 Å². The SMILES string of the molecule is COC1C2=C3C(=CN1OC)OCCC3CC(CCC#N)C2. The Hall–Kier alpha value is -1.51. The van der Waals surface area contributed by atoms with Gasteiger partial charge in [0.25, 0.3) is 0 Å². The molecule has 114 valence electrons. The quantitative estimate of drug-likeness (QED) is 0.797. The Morgan fingerprint density at radius 1 is 1.48 bits per heavy atom. The summed E-state index contributed by atoms with van der Waals surface area (Å²) in [7, 11) is 3.35. The third kappa shape index (κ3) is 2.54. The molecule has 0 aromatic rings. The first kappa shape index (κ1) is 14.4. The van der Waals surface area contributed by atoms with Crippen LogP contribution in [0.2, 0.25) is 0 Å². The number of nitrogens with zero attached hydrogens (tertiary/aromatic N) is 2. The fraction of sp³-hybridized carbons (Fsp3) is 0.688. The third-order valence-electron chi connectivity index (χ3n) is 4.74. The Kier molecular flexibility index (Phi) is 4.18. The molecule has 0 radical (unpaired) electrons. The van der Waals surface area contributed by atoms with Crippen LogP contribution in [0.25, 0.3) is 0 Å². The molecule has 3 unspecified atom stereocenters. The predicted molar refractivity (Wildman–Crippen MR) is 76.4 cm³/mol. The highest BCUT2D eigenvalue weighted by molar-refractivity contribution is 5.41. The number of rotatable bonds is 4. The lowest BCUT2D eigenvalue weighted by atomic mass is 9.71. The molecule has 3 atom stereocenters. The van der Waals surface area contributed by atoms with E-state index in [4.69, 9.17) is 19.6 Å². The first-order valence-electron chi connectivity index (χ1n) is 7.58. The minimum Gasteiger partial charge on any atom is -0.492 e. The zero-order valence-corrected chi connectivity index (χ0v) is 12.7. The summed E-state index contributed by atoms with van der Waals surface area (Å²) in [5.74, 6) is 2.03. The number of hydrogen-bond acceptors (Lipinski definition) is 5. The van der Waals surface area contributed by atoms with Gasteiger partial charge in [-0.3, -0.25) is 4.84 Å². The second-order valence-corrected chi connectivity index (χ2v) is 5.90. The number of nitriles is 1. The van der Waals surface area contributed by atoms with Crippen LogP contribution in [0.5, 0.6) is 0 Å². The summed E-state index contributed by atoms with van der Waals surface area (Å²) in [6.45, 7) is 0.757. The fourth-order valence-electron chi connectivity index (χ4n) is 3.86. The summed E-state index contributed by atoms with van der Waals surface area (Å²) < 4.78 is 11.5. The van der Waals surface area contributed by atoms with Gasteiger partial charge in [0, 0.05) is 19.1 Å². The molecule has 5 heteroatoms. The first-order valence-corrected chi connectivity index (χ1v) is 7.58. The molecule has 0 amide bonds. The minimum absolute atomic E-state index is 0.178. The van der Waals surface area contributed by atoms with Gasteiger partial charge in [0.2, 0.25) is 0 Å². The zero-order chi connectivity index (χ0) is 14.8. The van der Waals surface area contributed by atoms with E-state index in [-0.39, 0.29) is 6.23 Å². The zero-order valence-electron chi connectivity index (χ0n) is 12.7. The number of ether oxygens (including phenoxy) is 2. The number of hydrogen-bond donors (Lipinski definition) is 0. The van der Waals surface area contributed by atoms with Crippen LogP contribution in [-0.2, 0) is 14.3 Å². The van der Waals surface area contributed by atoms with E-state index in [0.29, 0.717) is 18.3 Å². The van der Waals surface area contributed by atoms with Gasteiger partial charge in [-0.2, -0.15) is 5.26 Å². The maximum absolute atomic E-state index is 8.84. The number of methoxy groups -OCH3 is 1. The average Bonchev–Trinajstić information content (AvgIpc) is 2.52. The van der Waals surface area contributed by atoms with Gasteiger partial charge in [-0.1, -0.05) is 0 Å². The molecule has 0 N–H and O–H groups in total. The predicted octanol–water partition coefficient (Wildman–Crippen LogP) is 2.72. The summed E-state index contributed by atoms with van der Waals surface area (Å²) in [4.78, 5) is 5.42. The molecule has 0 aromatic carbocycles. The van der Waals surface area contributed by atoms with Gasteiger partial charge in [-0.15, -0.1) is 0 Å². The van der Waals surface area contributed by atoms with E-state index >= 15 is 0 Å². The van der Waals surface area contributed by atoms with Crippen molar-refractivity contribution in [3.8, 4) is 6.07 Å². The van der Waals surface area contributed by atoms with Crippen LogP contribution in [0.15, 0.2) is 23.1 Å². The highest BCUT2D eigenvalue weighted by Gasteiger charge is 2.41. The Balaban J connectivity index is 1.92. The summed E-state index contributed by atoms with van der Waals surface area (Å²) in [5, 5.41) is 10.6. The van der Waals surface area contributed by atoms with Gasteiger partial charge in [-0.05, 0) is 43.1 Å². The normalized spacial score (nSPS) is 31.2. The summed E-state index contributed by atoms with van der Waals surface area (Å²) in [5.41, 5.74) is 2.60. The summed E-state index contributed by atoms with van der Waals surface area (Å²) >= 11 is 0. The molecule has 1 saturated heterocycles. The maximum atomic E-state index is 8.84. The molecular formula is C16H22N2O3. The van der Waals surface area contributed by atoms with Gasteiger partial charge in [0.1, 0.15) is 5.76 Å². The molecule has 3 rings (SSSR count). The molecule has 0 bridgehead atoms. The molecule has 2 heterocycles. The van der Waals surface area contributed by atoms with Gasteiger partial charge < -0.3 is 9.47 Å². The van der Waals surface area contributed by atoms with Crippen molar-refractivity contribution in [3.63, 3.8) is 0 Å². The number of allylic oxidation sites excluding steroid dienone is 1. The molecule has 0 aromatic heterocycles. The Bertz CT molecular complexity index is 506. The van der Waals surface area contributed by atoms with E-state index in [1.54, 1.807) is 19.3 Å². The Morgan fingerprint density at radius 3 is 3.05 bits per heavy atom. The van der Waals surface area contributed by atoms with Crippen LogP contribution in [0, 0.1) is 23.2 Å². The van der Waals surface area contributed by atoms with Crippen molar-refractivity contribution in [3.05, 3.63) is 23.1 Å². The van der Waals surface area contributed by atoms with Crippen LogP contribution in [0.1, 0.15) is 32.1 Å².